The van der Waals surface area contributed by atoms with E-state index in [1.165, 1.54) is 0 Å². The van der Waals surface area contributed by atoms with Crippen LogP contribution >= 0.6 is 0 Å². The molecule has 2 aliphatic rings. The van der Waals surface area contributed by atoms with Crippen LogP contribution in [0.3, 0.4) is 0 Å². The molecule has 2 aliphatic heterocycles. The van der Waals surface area contributed by atoms with Crippen LogP contribution in [0.2, 0.25) is 0 Å². The van der Waals surface area contributed by atoms with E-state index in [9.17, 15) is 10.1 Å². The molecule has 2 N–H and O–H groups in total. The van der Waals surface area contributed by atoms with Gasteiger partial charge in [0, 0.05) is 24.2 Å². The molecule has 0 saturated carbocycles. The third-order valence-corrected chi connectivity index (χ3v) is 4.38. The van der Waals surface area contributed by atoms with Gasteiger partial charge < -0.3 is 10.6 Å². The highest BCUT2D eigenvalue weighted by atomic mass is 16.6. The van der Waals surface area contributed by atoms with E-state index in [0.717, 1.165) is 36.9 Å². The second kappa shape index (κ2) is 4.49. The summed E-state index contributed by atoms with van der Waals surface area (Å²) >= 11 is 0. The van der Waals surface area contributed by atoms with Gasteiger partial charge in [0.2, 0.25) is 0 Å². The molecule has 2 unspecified atom stereocenters. The molecule has 2 fully saturated rings. The Balaban J connectivity index is 2.01. The molecule has 2 atom stereocenters. The Morgan fingerprint density at radius 3 is 2.53 bits per heavy atom. The Morgan fingerprint density at radius 2 is 1.95 bits per heavy atom. The third-order valence-electron chi connectivity index (χ3n) is 4.38. The molecule has 0 aliphatic carbocycles. The molecular weight excluding hydrogens is 242 g/mol. The van der Waals surface area contributed by atoms with E-state index >= 15 is 0 Å². The van der Waals surface area contributed by atoms with Crippen LogP contribution in [0.15, 0.2) is 18.2 Å². The van der Waals surface area contributed by atoms with Gasteiger partial charge in [-0.05, 0) is 44.2 Å². The van der Waals surface area contributed by atoms with Crippen molar-refractivity contribution in [2.24, 2.45) is 5.73 Å². The van der Waals surface area contributed by atoms with Gasteiger partial charge in [-0.3, -0.25) is 10.1 Å². The fraction of sp³-hybridized carbons (Fsp3) is 0.571. The summed E-state index contributed by atoms with van der Waals surface area (Å²) in [6.07, 6.45) is 4.09. The number of rotatable bonds is 2. The summed E-state index contributed by atoms with van der Waals surface area (Å²) in [6, 6.07) is 6.51. The van der Waals surface area contributed by atoms with Crippen LogP contribution in [0.25, 0.3) is 0 Å². The molecule has 0 aromatic heterocycles. The maximum atomic E-state index is 11.3. The van der Waals surface area contributed by atoms with Crippen molar-refractivity contribution in [3.8, 4) is 0 Å². The zero-order valence-electron chi connectivity index (χ0n) is 11.1. The number of hydrogen-bond donors (Lipinski definition) is 1. The molecule has 2 heterocycles. The summed E-state index contributed by atoms with van der Waals surface area (Å²) in [5, 5.41) is 11.3. The standard InChI is InChI=1S/C14H19N3O2/c1-9-2-5-13(14(6-9)17(18)19)16-11-3-4-12(16)8-10(15)7-11/h2,5-6,10-12H,3-4,7-8,15H2,1H3. The molecule has 2 bridgehead atoms. The van der Waals surface area contributed by atoms with Crippen molar-refractivity contribution in [2.45, 2.75) is 50.7 Å². The molecule has 3 rings (SSSR count). The Kier molecular flexibility index (Phi) is 2.93. The predicted octanol–water partition coefficient (Wildman–Crippen LogP) is 2.36. The molecule has 102 valence electrons. The summed E-state index contributed by atoms with van der Waals surface area (Å²) in [6.45, 7) is 1.89. The molecule has 0 amide bonds. The van der Waals surface area contributed by atoms with Crippen molar-refractivity contribution in [3.63, 3.8) is 0 Å². The lowest BCUT2D eigenvalue weighted by Crippen LogP contribution is -2.47. The molecule has 2 saturated heterocycles. The minimum Gasteiger partial charge on any atom is -0.360 e. The van der Waals surface area contributed by atoms with E-state index in [-0.39, 0.29) is 16.7 Å². The van der Waals surface area contributed by atoms with Crippen LogP contribution in [0, 0.1) is 17.0 Å². The number of aryl methyl sites for hydroxylation is 1. The first kappa shape index (κ1) is 12.4. The maximum absolute atomic E-state index is 11.3. The first-order valence-electron chi connectivity index (χ1n) is 6.85. The van der Waals surface area contributed by atoms with Crippen LogP contribution in [-0.2, 0) is 0 Å². The van der Waals surface area contributed by atoms with Crippen molar-refractivity contribution in [1.29, 1.82) is 0 Å². The Bertz CT molecular complexity index is 503. The van der Waals surface area contributed by atoms with Gasteiger partial charge >= 0.3 is 0 Å². The van der Waals surface area contributed by atoms with Crippen LogP contribution in [-0.4, -0.2) is 23.0 Å². The van der Waals surface area contributed by atoms with E-state index in [1.807, 2.05) is 19.1 Å². The summed E-state index contributed by atoms with van der Waals surface area (Å²) in [7, 11) is 0. The van der Waals surface area contributed by atoms with Crippen LogP contribution in [0.5, 0.6) is 0 Å². The largest absolute Gasteiger partial charge is 0.360 e. The topological polar surface area (TPSA) is 72.4 Å². The van der Waals surface area contributed by atoms with Gasteiger partial charge in [0.15, 0.2) is 0 Å². The monoisotopic (exact) mass is 261 g/mol. The number of nitro groups is 1. The SMILES string of the molecule is Cc1ccc(N2C3CCC2CC(N)C3)c([N+](=O)[O-])c1. The smallest absolute Gasteiger partial charge is 0.292 e. The lowest BCUT2D eigenvalue weighted by Gasteiger charge is -2.39. The number of hydrogen-bond acceptors (Lipinski definition) is 4. The third kappa shape index (κ3) is 2.08. The normalized spacial score (nSPS) is 29.6. The van der Waals surface area contributed by atoms with Gasteiger partial charge in [-0.1, -0.05) is 6.07 Å². The average molecular weight is 261 g/mol. The predicted molar refractivity (Wildman–Crippen MR) is 74.3 cm³/mol. The summed E-state index contributed by atoms with van der Waals surface area (Å²) in [5.41, 5.74) is 7.99. The van der Waals surface area contributed by atoms with E-state index in [0.29, 0.717) is 12.1 Å². The highest BCUT2D eigenvalue weighted by molar-refractivity contribution is 5.66. The molecule has 0 spiro atoms. The van der Waals surface area contributed by atoms with Gasteiger partial charge in [-0.25, -0.2) is 0 Å². The highest BCUT2D eigenvalue weighted by Crippen LogP contribution is 2.42. The Hall–Kier alpha value is -1.62. The molecule has 5 nitrogen and oxygen atoms in total. The summed E-state index contributed by atoms with van der Waals surface area (Å²) < 4.78 is 0. The fourth-order valence-electron chi connectivity index (χ4n) is 3.61. The van der Waals surface area contributed by atoms with Gasteiger partial charge in [0.1, 0.15) is 5.69 Å². The molecule has 1 aromatic rings. The minimum atomic E-state index is -0.268. The van der Waals surface area contributed by atoms with E-state index in [1.54, 1.807) is 6.07 Å². The minimum absolute atomic E-state index is 0.229. The number of anilines is 1. The van der Waals surface area contributed by atoms with Crippen LogP contribution in [0.4, 0.5) is 11.4 Å². The number of nitrogens with two attached hydrogens (primary N) is 1. The highest BCUT2D eigenvalue weighted by Gasteiger charge is 2.41. The molecule has 19 heavy (non-hydrogen) atoms. The van der Waals surface area contributed by atoms with Gasteiger partial charge in [-0.15, -0.1) is 0 Å². The van der Waals surface area contributed by atoms with Gasteiger partial charge in [-0.2, -0.15) is 0 Å². The number of nitro benzene ring substituents is 1. The van der Waals surface area contributed by atoms with E-state index in [4.69, 9.17) is 5.73 Å². The molecular formula is C14H19N3O2. The van der Waals surface area contributed by atoms with Crippen molar-refractivity contribution < 1.29 is 4.92 Å². The van der Waals surface area contributed by atoms with Crippen molar-refractivity contribution in [2.75, 3.05) is 4.90 Å². The fourth-order valence-corrected chi connectivity index (χ4v) is 3.61. The lowest BCUT2D eigenvalue weighted by atomic mass is 9.97. The zero-order valence-corrected chi connectivity index (χ0v) is 11.1. The first-order chi connectivity index (χ1) is 9.06. The molecule has 5 heteroatoms. The van der Waals surface area contributed by atoms with Crippen molar-refractivity contribution in [3.05, 3.63) is 33.9 Å². The first-order valence-corrected chi connectivity index (χ1v) is 6.85. The summed E-state index contributed by atoms with van der Waals surface area (Å²) in [4.78, 5) is 13.3. The van der Waals surface area contributed by atoms with Gasteiger partial charge in [0.25, 0.3) is 5.69 Å². The quantitative estimate of drug-likeness (QED) is 0.655. The van der Waals surface area contributed by atoms with E-state index in [2.05, 4.69) is 4.90 Å². The Morgan fingerprint density at radius 1 is 1.32 bits per heavy atom. The van der Waals surface area contributed by atoms with Crippen LogP contribution in [0.1, 0.15) is 31.2 Å². The Labute approximate surface area is 112 Å². The maximum Gasteiger partial charge on any atom is 0.292 e. The number of piperidine rings is 1. The second-order valence-corrected chi connectivity index (χ2v) is 5.77. The van der Waals surface area contributed by atoms with E-state index < -0.39 is 0 Å². The summed E-state index contributed by atoms with van der Waals surface area (Å²) in [5.74, 6) is 0. The van der Waals surface area contributed by atoms with Crippen LogP contribution < -0.4 is 10.6 Å². The van der Waals surface area contributed by atoms with Crippen molar-refractivity contribution >= 4 is 11.4 Å². The molecule has 1 aromatic carbocycles. The van der Waals surface area contributed by atoms with Crippen molar-refractivity contribution in [1.82, 2.24) is 0 Å². The number of fused-ring (bicyclic) bond motifs is 2. The van der Waals surface area contributed by atoms with Gasteiger partial charge in [0.05, 0.1) is 4.92 Å². The molecule has 0 radical (unpaired) electrons. The second-order valence-electron chi connectivity index (χ2n) is 5.77. The average Bonchev–Trinajstić information content (AvgIpc) is 2.62. The number of nitrogens with zero attached hydrogens (tertiary/aromatic N) is 2. The number of benzene rings is 1. The zero-order chi connectivity index (χ0) is 13.6. The lowest BCUT2D eigenvalue weighted by molar-refractivity contribution is -0.384.